The minimum atomic E-state index is -1.23. The van der Waals surface area contributed by atoms with E-state index in [4.69, 9.17) is 0 Å². The van der Waals surface area contributed by atoms with Crippen molar-refractivity contribution in [3.63, 3.8) is 0 Å². The number of carbonyl (C=O) groups is 4. The standard InChI is InChI=1S/2C24H29N5O3.Ca.Mg.2H/c2*1-4-5-10-21(30)29(22(16(2)3)24(31)32)15-17-11-13-18(14-12-17)19-8-6-7-9-20(19)23-25-27-28-26-23;;;;/h2*6-9,11-14,16,22H,4-5,10,15H2,1-3H3,(H,31,32)(H,25,26,27,28);;;;/q;;2*+2;2*-1/p-2/t2*22-;;;;/m00..../s1. The number of carbonyl (C=O) groups excluding carboxylic acids is 4. The van der Waals surface area contributed by atoms with E-state index in [0.29, 0.717) is 24.5 Å². The summed E-state index contributed by atoms with van der Waals surface area (Å²) in [6, 6.07) is 29.0. The Morgan fingerprint density at radius 2 is 0.894 bits per heavy atom. The number of aromatic amines is 2. The number of amides is 2. The van der Waals surface area contributed by atoms with Crippen molar-refractivity contribution in [1.82, 2.24) is 51.0 Å². The molecule has 0 aliphatic rings. The summed E-state index contributed by atoms with van der Waals surface area (Å²) >= 11 is 0. The molecule has 2 N–H and O–H groups in total. The third kappa shape index (κ3) is 15.0. The molecule has 66 heavy (non-hydrogen) atoms. The topological polar surface area (TPSA) is 230 Å². The molecule has 2 amide bonds. The second-order valence-corrected chi connectivity index (χ2v) is 16.2. The van der Waals surface area contributed by atoms with Gasteiger partial charge in [-0.2, -0.15) is 10.4 Å². The number of nitrogens with one attached hydrogen (secondary N) is 2. The Hall–Kier alpha value is -5.07. The predicted molar refractivity (Wildman–Crippen MR) is 251 cm³/mol. The van der Waals surface area contributed by atoms with Crippen LogP contribution in [0.1, 0.15) is 94.0 Å². The molecule has 0 spiro atoms. The van der Waals surface area contributed by atoms with Crippen LogP contribution in [0.5, 0.6) is 0 Å². The molecule has 2 aromatic heterocycles. The number of hydrogen-bond donors (Lipinski definition) is 2. The van der Waals surface area contributed by atoms with Crippen molar-refractivity contribution in [3.05, 3.63) is 108 Å². The predicted octanol–water partition coefficient (Wildman–Crippen LogP) is 5.12. The van der Waals surface area contributed by atoms with Gasteiger partial charge in [-0.3, -0.25) is 9.59 Å². The molecule has 0 aliphatic heterocycles. The molecular formula is C48H58CaMgN10O6. The van der Waals surface area contributed by atoms with Crippen molar-refractivity contribution in [2.24, 2.45) is 11.8 Å². The van der Waals surface area contributed by atoms with Crippen LogP contribution in [-0.4, -0.2) is 148 Å². The molecule has 0 saturated heterocycles. The van der Waals surface area contributed by atoms with Gasteiger partial charge in [0.15, 0.2) is 0 Å². The largest absolute Gasteiger partial charge is 2.00 e. The third-order valence-corrected chi connectivity index (χ3v) is 10.8. The molecule has 2 heterocycles. The average Bonchev–Trinajstić information content (AvgIpc) is 4.04. The number of hydrogen-bond acceptors (Lipinski definition) is 12. The number of rotatable bonds is 20. The summed E-state index contributed by atoms with van der Waals surface area (Å²) in [4.78, 5) is 52.2. The first kappa shape index (κ1) is 55.3. The van der Waals surface area contributed by atoms with Gasteiger partial charge in [-0.15, -0.1) is 20.4 Å². The number of aliphatic carboxylic acids is 2. The van der Waals surface area contributed by atoms with Gasteiger partial charge in [0.25, 0.3) is 0 Å². The van der Waals surface area contributed by atoms with Crippen LogP contribution < -0.4 is 10.2 Å². The minimum absolute atomic E-state index is 0. The van der Waals surface area contributed by atoms with Crippen molar-refractivity contribution >= 4 is 84.5 Å². The molecule has 0 radical (unpaired) electrons. The summed E-state index contributed by atoms with van der Waals surface area (Å²) in [5.74, 6) is -2.29. The molecule has 6 aromatic rings. The molecular weight excluding hydrogens is 877 g/mol. The molecule has 0 unspecified atom stereocenters. The van der Waals surface area contributed by atoms with E-state index in [-0.39, 0.29) is 100 Å². The van der Waals surface area contributed by atoms with E-state index in [1.165, 1.54) is 9.80 Å². The van der Waals surface area contributed by atoms with Gasteiger partial charge in [0.1, 0.15) is 0 Å². The van der Waals surface area contributed by atoms with Crippen LogP contribution >= 0.6 is 0 Å². The monoisotopic (exact) mass is 934 g/mol. The maximum atomic E-state index is 12.8. The summed E-state index contributed by atoms with van der Waals surface area (Å²) in [6.45, 7) is 11.6. The van der Waals surface area contributed by atoms with Gasteiger partial charge in [0.05, 0.1) is 24.0 Å². The Kier molecular flexibility index (Phi) is 23.1. The Bertz CT molecular complexity index is 2260. The van der Waals surface area contributed by atoms with Crippen molar-refractivity contribution in [2.75, 3.05) is 0 Å². The second-order valence-electron chi connectivity index (χ2n) is 16.2. The van der Waals surface area contributed by atoms with E-state index in [0.717, 1.165) is 70.2 Å². The first-order valence-corrected chi connectivity index (χ1v) is 21.7. The van der Waals surface area contributed by atoms with Gasteiger partial charge in [0.2, 0.25) is 23.5 Å². The van der Waals surface area contributed by atoms with E-state index in [9.17, 15) is 29.4 Å². The van der Waals surface area contributed by atoms with Crippen LogP contribution in [0.25, 0.3) is 45.0 Å². The maximum absolute atomic E-state index is 12.8. The molecule has 0 aliphatic carbocycles. The van der Waals surface area contributed by atoms with Crippen molar-refractivity contribution in [1.29, 1.82) is 0 Å². The number of nitrogens with zero attached hydrogens (tertiary/aromatic N) is 8. The van der Waals surface area contributed by atoms with Gasteiger partial charge < -0.3 is 32.5 Å². The fraction of sp³-hybridized carbons (Fsp3) is 0.375. The molecule has 0 bridgehead atoms. The molecule has 0 saturated carbocycles. The molecule has 340 valence electrons. The average molecular weight is 935 g/mol. The summed E-state index contributed by atoms with van der Waals surface area (Å²) in [6.07, 6.45) is 3.82. The number of carboxylic acids is 2. The fourth-order valence-corrected chi connectivity index (χ4v) is 7.53. The fourth-order valence-electron chi connectivity index (χ4n) is 7.53. The van der Waals surface area contributed by atoms with Crippen molar-refractivity contribution in [3.8, 4) is 45.0 Å². The van der Waals surface area contributed by atoms with Crippen LogP contribution in [0.2, 0.25) is 0 Å². The zero-order chi connectivity index (χ0) is 46.2. The summed E-state index contributed by atoms with van der Waals surface area (Å²) in [7, 11) is 0. The van der Waals surface area contributed by atoms with Crippen LogP contribution in [0, 0.1) is 11.8 Å². The zero-order valence-corrected chi connectivity index (χ0v) is 42.3. The smallest absolute Gasteiger partial charge is 1.00 e. The van der Waals surface area contributed by atoms with E-state index < -0.39 is 24.0 Å². The Morgan fingerprint density at radius 1 is 0.561 bits per heavy atom. The summed E-state index contributed by atoms with van der Waals surface area (Å²) < 4.78 is 0. The van der Waals surface area contributed by atoms with Gasteiger partial charge >= 0.3 is 60.8 Å². The molecule has 6 rings (SSSR count). The number of unbranched alkanes of at least 4 members (excludes halogenated alkanes) is 2. The Morgan fingerprint density at radius 3 is 1.17 bits per heavy atom. The van der Waals surface area contributed by atoms with E-state index in [1.54, 1.807) is 27.7 Å². The first-order chi connectivity index (χ1) is 30.8. The molecule has 0 fully saturated rings. The number of carboxylic acid groups (broad SMARTS) is 2. The SMILES string of the molecule is CCCCC(=O)N(Cc1ccc(-c2ccccc2-c2nn[nH]n2)cc1)[C@H](C(=O)[O-])C(C)C.CCCCC(=O)N(Cc1ccc(-c2ccccc2-c2nn[nH]n2)cc1)[C@H](C(=O)[O-])C(C)C.[Ca+2].[H-].[H-].[Mg+2]. The van der Waals surface area contributed by atoms with E-state index in [2.05, 4.69) is 41.2 Å². The van der Waals surface area contributed by atoms with Gasteiger partial charge in [-0.25, -0.2) is 0 Å². The number of H-pyrrole nitrogens is 2. The van der Waals surface area contributed by atoms with Gasteiger partial charge in [-0.05, 0) is 68.5 Å². The molecule has 4 aromatic carbocycles. The maximum Gasteiger partial charge on any atom is 2.00 e. The van der Waals surface area contributed by atoms with Crippen LogP contribution in [0.4, 0.5) is 0 Å². The minimum Gasteiger partial charge on any atom is -1.00 e. The quantitative estimate of drug-likeness (QED) is 0.0951. The van der Waals surface area contributed by atoms with Crippen molar-refractivity contribution < 1.29 is 32.2 Å². The molecule has 18 heteroatoms. The van der Waals surface area contributed by atoms with Crippen LogP contribution in [0.15, 0.2) is 97.1 Å². The van der Waals surface area contributed by atoms with Gasteiger partial charge in [-0.1, -0.05) is 151 Å². The molecule has 16 nitrogen and oxygen atoms in total. The third-order valence-electron chi connectivity index (χ3n) is 10.8. The number of aromatic nitrogens is 8. The molecule has 2 atom stereocenters. The zero-order valence-electron chi connectivity index (χ0n) is 40.6. The van der Waals surface area contributed by atoms with Gasteiger partial charge in [0, 0.05) is 37.1 Å². The van der Waals surface area contributed by atoms with E-state index >= 15 is 0 Å². The first-order valence-electron chi connectivity index (χ1n) is 21.7. The normalized spacial score (nSPS) is 11.6. The Labute approximate surface area is 434 Å². The number of tetrazole rings is 2. The summed E-state index contributed by atoms with van der Waals surface area (Å²) in [5, 5.41) is 52.1. The Balaban J connectivity index is 0.000000642. The van der Waals surface area contributed by atoms with Crippen molar-refractivity contribution in [2.45, 2.75) is 105 Å². The van der Waals surface area contributed by atoms with Crippen LogP contribution in [0.3, 0.4) is 0 Å². The number of benzene rings is 4. The second kappa shape index (κ2) is 27.5. The van der Waals surface area contributed by atoms with E-state index in [1.807, 2.05) is 111 Å². The summed E-state index contributed by atoms with van der Waals surface area (Å²) in [5.41, 5.74) is 7.21. The van der Waals surface area contributed by atoms with Crippen LogP contribution in [-0.2, 0) is 32.3 Å².